The molecule has 0 spiro atoms. The summed E-state index contributed by atoms with van der Waals surface area (Å²) in [5, 5.41) is 0. The van der Waals surface area contributed by atoms with Crippen LogP contribution in [0.25, 0.3) is 0 Å². The van der Waals surface area contributed by atoms with Crippen LogP contribution in [0.15, 0.2) is 29.2 Å². The molecular weight excluding hydrogens is 332 g/mol. The Labute approximate surface area is 142 Å². The van der Waals surface area contributed by atoms with Gasteiger partial charge in [0.25, 0.3) is 5.91 Å². The van der Waals surface area contributed by atoms with Crippen LogP contribution in [0.2, 0.25) is 0 Å². The van der Waals surface area contributed by atoms with Crippen molar-refractivity contribution in [3.8, 4) is 0 Å². The molecule has 24 heavy (non-hydrogen) atoms. The number of amides is 1. The van der Waals surface area contributed by atoms with Crippen LogP contribution in [-0.4, -0.2) is 75.6 Å². The highest BCUT2D eigenvalue weighted by Gasteiger charge is 2.28. The van der Waals surface area contributed by atoms with Gasteiger partial charge in [-0.1, -0.05) is 6.07 Å². The normalized spacial score (nSPS) is 23.2. The van der Waals surface area contributed by atoms with E-state index < -0.39 is 10.0 Å². The van der Waals surface area contributed by atoms with E-state index in [0.29, 0.717) is 51.6 Å². The molecule has 1 amide bonds. The molecule has 0 N–H and O–H groups in total. The van der Waals surface area contributed by atoms with Gasteiger partial charge in [-0.2, -0.15) is 4.31 Å². The van der Waals surface area contributed by atoms with E-state index >= 15 is 0 Å². The Morgan fingerprint density at radius 2 is 1.92 bits per heavy atom. The maximum absolute atomic E-state index is 12.7. The summed E-state index contributed by atoms with van der Waals surface area (Å²) in [6, 6.07) is 6.27. The summed E-state index contributed by atoms with van der Waals surface area (Å²) in [5.74, 6) is -0.163. The number of carbonyl (C=O) groups excluding carboxylic acids is 1. The number of ether oxygens (including phenoxy) is 2. The summed E-state index contributed by atoms with van der Waals surface area (Å²) in [5.41, 5.74) is 0.387. The lowest BCUT2D eigenvalue weighted by Crippen LogP contribution is -2.44. The highest BCUT2D eigenvalue weighted by molar-refractivity contribution is 7.89. The summed E-state index contributed by atoms with van der Waals surface area (Å²) in [6.07, 6.45) is -0.0111. The smallest absolute Gasteiger partial charge is 0.254 e. The van der Waals surface area contributed by atoms with Crippen LogP contribution in [0.5, 0.6) is 0 Å². The zero-order chi connectivity index (χ0) is 17.2. The fraction of sp³-hybridized carbons (Fsp3) is 0.562. The van der Waals surface area contributed by atoms with Crippen molar-refractivity contribution in [1.82, 2.24) is 9.21 Å². The van der Waals surface area contributed by atoms with Crippen molar-refractivity contribution in [2.45, 2.75) is 17.9 Å². The second-order valence-corrected chi connectivity index (χ2v) is 7.91. The average molecular weight is 354 g/mol. The van der Waals surface area contributed by atoms with Gasteiger partial charge in [0, 0.05) is 31.7 Å². The van der Waals surface area contributed by atoms with Crippen molar-refractivity contribution < 1.29 is 22.7 Å². The maximum atomic E-state index is 12.7. The number of rotatable bonds is 3. The van der Waals surface area contributed by atoms with Crippen LogP contribution in [0.1, 0.15) is 17.3 Å². The first-order valence-electron chi connectivity index (χ1n) is 8.07. The minimum absolute atomic E-state index is 0.0111. The Balaban J connectivity index is 1.82. The highest BCUT2D eigenvalue weighted by atomic mass is 32.2. The van der Waals surface area contributed by atoms with E-state index in [1.165, 1.54) is 16.4 Å². The van der Waals surface area contributed by atoms with Crippen molar-refractivity contribution in [2.24, 2.45) is 0 Å². The van der Waals surface area contributed by atoms with Gasteiger partial charge < -0.3 is 14.4 Å². The Morgan fingerprint density at radius 3 is 2.62 bits per heavy atom. The number of morpholine rings is 2. The maximum Gasteiger partial charge on any atom is 0.254 e. The van der Waals surface area contributed by atoms with E-state index in [1.807, 2.05) is 6.92 Å². The largest absolute Gasteiger partial charge is 0.379 e. The molecule has 0 saturated carbocycles. The fourth-order valence-corrected chi connectivity index (χ4v) is 4.37. The van der Waals surface area contributed by atoms with Gasteiger partial charge in [0.1, 0.15) is 0 Å². The van der Waals surface area contributed by atoms with Crippen molar-refractivity contribution in [2.75, 3.05) is 46.0 Å². The van der Waals surface area contributed by atoms with E-state index in [2.05, 4.69) is 0 Å². The number of benzene rings is 1. The molecule has 3 rings (SSSR count). The fourth-order valence-electron chi connectivity index (χ4n) is 2.91. The molecule has 0 aromatic heterocycles. The number of hydrogen-bond acceptors (Lipinski definition) is 5. The van der Waals surface area contributed by atoms with Crippen LogP contribution in [0.4, 0.5) is 0 Å². The zero-order valence-corrected chi connectivity index (χ0v) is 14.5. The molecule has 2 heterocycles. The number of carbonyl (C=O) groups is 1. The van der Waals surface area contributed by atoms with Crippen LogP contribution < -0.4 is 0 Å². The molecule has 1 aromatic carbocycles. The van der Waals surface area contributed by atoms with E-state index in [-0.39, 0.29) is 16.9 Å². The molecule has 132 valence electrons. The predicted molar refractivity (Wildman–Crippen MR) is 87.3 cm³/mol. The van der Waals surface area contributed by atoms with E-state index in [1.54, 1.807) is 17.0 Å². The molecule has 2 aliphatic rings. The van der Waals surface area contributed by atoms with Crippen molar-refractivity contribution >= 4 is 15.9 Å². The zero-order valence-electron chi connectivity index (χ0n) is 13.7. The first kappa shape index (κ1) is 17.3. The molecule has 0 radical (unpaired) electrons. The minimum atomic E-state index is -3.60. The lowest BCUT2D eigenvalue weighted by molar-refractivity contribution is -0.0124. The van der Waals surface area contributed by atoms with Gasteiger partial charge in [-0.05, 0) is 25.1 Å². The third kappa shape index (κ3) is 3.61. The Kier molecular flexibility index (Phi) is 5.19. The summed E-state index contributed by atoms with van der Waals surface area (Å²) in [7, 11) is -3.60. The Morgan fingerprint density at radius 1 is 1.17 bits per heavy atom. The summed E-state index contributed by atoms with van der Waals surface area (Å²) in [6.45, 7) is 4.90. The minimum Gasteiger partial charge on any atom is -0.379 e. The quantitative estimate of drug-likeness (QED) is 0.793. The molecule has 0 aliphatic carbocycles. The number of nitrogens with zero attached hydrogens (tertiary/aromatic N) is 2. The van der Waals surface area contributed by atoms with Crippen molar-refractivity contribution in [3.63, 3.8) is 0 Å². The topological polar surface area (TPSA) is 76.2 Å². The molecule has 1 atom stereocenters. The van der Waals surface area contributed by atoms with Gasteiger partial charge >= 0.3 is 0 Å². The van der Waals surface area contributed by atoms with E-state index in [9.17, 15) is 13.2 Å². The van der Waals surface area contributed by atoms with Crippen molar-refractivity contribution in [1.29, 1.82) is 0 Å². The third-order valence-electron chi connectivity index (χ3n) is 4.22. The molecule has 1 unspecified atom stereocenters. The summed E-state index contributed by atoms with van der Waals surface area (Å²) in [4.78, 5) is 14.5. The van der Waals surface area contributed by atoms with Crippen LogP contribution in [0.3, 0.4) is 0 Å². The summed E-state index contributed by atoms with van der Waals surface area (Å²) < 4.78 is 37.5. The highest BCUT2D eigenvalue weighted by Crippen LogP contribution is 2.20. The van der Waals surface area contributed by atoms with Crippen molar-refractivity contribution in [3.05, 3.63) is 29.8 Å². The van der Waals surface area contributed by atoms with Crippen LogP contribution in [-0.2, 0) is 19.5 Å². The first-order chi connectivity index (χ1) is 11.5. The Bertz CT molecular complexity index is 700. The van der Waals surface area contributed by atoms with Gasteiger partial charge in [-0.25, -0.2) is 8.42 Å². The molecule has 0 bridgehead atoms. The van der Waals surface area contributed by atoms with E-state index in [4.69, 9.17) is 9.47 Å². The molecule has 7 nitrogen and oxygen atoms in total. The van der Waals surface area contributed by atoms with Crippen LogP contribution in [0, 0.1) is 0 Å². The van der Waals surface area contributed by atoms with Gasteiger partial charge in [0.15, 0.2) is 0 Å². The number of hydrogen-bond donors (Lipinski definition) is 0. The van der Waals surface area contributed by atoms with Gasteiger partial charge in [-0.3, -0.25) is 4.79 Å². The standard InChI is InChI=1S/C16H22N2O5S/c1-13-12-17(5-10-23-13)16(19)14-3-2-4-15(11-14)24(20,21)18-6-8-22-9-7-18/h2-4,11,13H,5-10,12H2,1H3. The number of sulfonamides is 1. The van der Waals surface area contributed by atoms with Crippen LogP contribution >= 0.6 is 0 Å². The second kappa shape index (κ2) is 7.18. The Hall–Kier alpha value is -1.48. The second-order valence-electron chi connectivity index (χ2n) is 5.98. The van der Waals surface area contributed by atoms with Gasteiger partial charge in [0.05, 0.1) is 30.8 Å². The molecule has 2 saturated heterocycles. The lowest BCUT2D eigenvalue weighted by Gasteiger charge is -2.31. The first-order valence-corrected chi connectivity index (χ1v) is 9.51. The molecule has 1 aromatic rings. The van der Waals surface area contributed by atoms with Gasteiger partial charge in [0.2, 0.25) is 10.0 Å². The molecular formula is C16H22N2O5S. The lowest BCUT2D eigenvalue weighted by atomic mass is 10.2. The molecule has 2 fully saturated rings. The SMILES string of the molecule is CC1CN(C(=O)c2cccc(S(=O)(=O)N3CCOCC3)c2)CCO1. The molecule has 8 heteroatoms. The predicted octanol–water partition coefficient (Wildman–Crippen LogP) is 0.568. The monoisotopic (exact) mass is 354 g/mol. The third-order valence-corrected chi connectivity index (χ3v) is 6.11. The van der Waals surface area contributed by atoms with E-state index in [0.717, 1.165) is 0 Å². The summed E-state index contributed by atoms with van der Waals surface area (Å²) >= 11 is 0. The van der Waals surface area contributed by atoms with Gasteiger partial charge in [-0.15, -0.1) is 0 Å². The molecule has 2 aliphatic heterocycles. The average Bonchev–Trinajstić information content (AvgIpc) is 2.62.